The van der Waals surface area contributed by atoms with Gasteiger partial charge in [0.15, 0.2) is 0 Å². The van der Waals surface area contributed by atoms with Crippen LogP contribution in [0.4, 0.5) is 0 Å². The van der Waals surface area contributed by atoms with Crippen molar-refractivity contribution in [1.29, 1.82) is 0 Å². The zero-order valence-electron chi connectivity index (χ0n) is 12.4. The first-order chi connectivity index (χ1) is 10.7. The SMILES string of the molecule is O=S(=O)(c1ccccc1)N1CCC[C@H]1CCc1ccncc1. The molecule has 4 nitrogen and oxygen atoms in total. The van der Waals surface area contributed by atoms with Crippen molar-refractivity contribution < 1.29 is 8.42 Å². The normalized spacial score (nSPS) is 19.4. The summed E-state index contributed by atoms with van der Waals surface area (Å²) in [5, 5.41) is 0. The Morgan fingerprint density at radius 2 is 1.82 bits per heavy atom. The lowest BCUT2D eigenvalue weighted by molar-refractivity contribution is 0.370. The summed E-state index contributed by atoms with van der Waals surface area (Å²) in [6.45, 7) is 0.623. The third-order valence-corrected chi connectivity index (χ3v) is 6.15. The Kier molecular flexibility index (Phi) is 4.55. The molecule has 1 saturated heterocycles. The van der Waals surface area contributed by atoms with Crippen molar-refractivity contribution in [3.05, 3.63) is 60.4 Å². The van der Waals surface area contributed by atoms with Crippen LogP contribution in [-0.2, 0) is 16.4 Å². The average molecular weight is 316 g/mol. The van der Waals surface area contributed by atoms with Crippen LogP contribution in [-0.4, -0.2) is 30.3 Å². The highest BCUT2D eigenvalue weighted by atomic mass is 32.2. The Morgan fingerprint density at radius 3 is 2.55 bits per heavy atom. The molecule has 0 aliphatic carbocycles. The summed E-state index contributed by atoms with van der Waals surface area (Å²) in [6.07, 6.45) is 7.18. The van der Waals surface area contributed by atoms with Crippen LogP contribution in [0.5, 0.6) is 0 Å². The Hall–Kier alpha value is -1.72. The lowest BCUT2D eigenvalue weighted by Gasteiger charge is -2.24. The van der Waals surface area contributed by atoms with Crippen molar-refractivity contribution in [2.75, 3.05) is 6.54 Å². The first-order valence-electron chi connectivity index (χ1n) is 7.64. The van der Waals surface area contributed by atoms with Crippen LogP contribution in [0.25, 0.3) is 0 Å². The van der Waals surface area contributed by atoms with Gasteiger partial charge in [-0.15, -0.1) is 0 Å². The predicted octanol–water partition coefficient (Wildman–Crippen LogP) is 2.87. The summed E-state index contributed by atoms with van der Waals surface area (Å²) in [5.41, 5.74) is 1.21. The number of hydrogen-bond acceptors (Lipinski definition) is 3. The van der Waals surface area contributed by atoms with Gasteiger partial charge in [0.25, 0.3) is 0 Å². The largest absolute Gasteiger partial charge is 0.265 e. The maximum absolute atomic E-state index is 12.8. The second-order valence-corrected chi connectivity index (χ2v) is 7.51. The minimum Gasteiger partial charge on any atom is -0.265 e. The summed E-state index contributed by atoms with van der Waals surface area (Å²) in [7, 11) is -3.37. The van der Waals surface area contributed by atoms with E-state index in [2.05, 4.69) is 4.98 Å². The smallest absolute Gasteiger partial charge is 0.243 e. The van der Waals surface area contributed by atoms with Crippen LogP contribution in [0.1, 0.15) is 24.8 Å². The molecule has 0 N–H and O–H groups in total. The van der Waals surface area contributed by atoms with Gasteiger partial charge in [0, 0.05) is 25.0 Å². The Labute approximate surface area is 131 Å². The molecule has 116 valence electrons. The van der Waals surface area contributed by atoms with Gasteiger partial charge in [-0.25, -0.2) is 8.42 Å². The molecule has 0 amide bonds. The van der Waals surface area contributed by atoms with E-state index in [1.54, 1.807) is 41.0 Å². The van der Waals surface area contributed by atoms with Crippen LogP contribution >= 0.6 is 0 Å². The van der Waals surface area contributed by atoms with Crippen LogP contribution < -0.4 is 0 Å². The van der Waals surface area contributed by atoms with E-state index in [0.717, 1.165) is 25.7 Å². The fourth-order valence-electron chi connectivity index (χ4n) is 3.02. The summed E-state index contributed by atoms with van der Waals surface area (Å²) in [5.74, 6) is 0. The fraction of sp³-hybridized carbons (Fsp3) is 0.353. The van der Waals surface area contributed by atoms with Crippen LogP contribution in [0.3, 0.4) is 0 Å². The molecule has 0 unspecified atom stereocenters. The number of pyridine rings is 1. The molecule has 0 saturated carbocycles. The average Bonchev–Trinajstić information content (AvgIpc) is 3.04. The molecule has 1 aliphatic heterocycles. The van der Waals surface area contributed by atoms with Crippen molar-refractivity contribution >= 4 is 10.0 Å². The minimum absolute atomic E-state index is 0.0957. The zero-order valence-corrected chi connectivity index (χ0v) is 13.2. The standard InChI is InChI=1S/C17H20N2O2S/c20-22(21,17-6-2-1-3-7-17)19-14-4-5-16(19)9-8-15-10-12-18-13-11-15/h1-3,6-7,10-13,16H,4-5,8-9,14H2/t16-/m0/s1. The first-order valence-corrected chi connectivity index (χ1v) is 9.08. The maximum atomic E-state index is 12.8. The predicted molar refractivity (Wildman–Crippen MR) is 85.9 cm³/mol. The number of rotatable bonds is 5. The highest BCUT2D eigenvalue weighted by Gasteiger charge is 2.34. The van der Waals surface area contributed by atoms with Crippen molar-refractivity contribution in [3.63, 3.8) is 0 Å². The van der Waals surface area contributed by atoms with Gasteiger partial charge in [0.1, 0.15) is 0 Å². The third kappa shape index (κ3) is 3.20. The Balaban J connectivity index is 1.73. The second kappa shape index (κ2) is 6.58. The monoisotopic (exact) mass is 316 g/mol. The van der Waals surface area contributed by atoms with Crippen molar-refractivity contribution in [2.45, 2.75) is 36.6 Å². The molecule has 1 atom stereocenters. The molecule has 2 aromatic rings. The lowest BCUT2D eigenvalue weighted by Crippen LogP contribution is -2.35. The van der Waals surface area contributed by atoms with Crippen LogP contribution in [0.15, 0.2) is 59.8 Å². The lowest BCUT2D eigenvalue weighted by atomic mass is 10.1. The van der Waals surface area contributed by atoms with Gasteiger partial charge in [-0.05, 0) is 55.5 Å². The third-order valence-electron chi connectivity index (χ3n) is 4.19. The van der Waals surface area contributed by atoms with Gasteiger partial charge in [-0.1, -0.05) is 18.2 Å². The number of hydrogen-bond donors (Lipinski definition) is 0. The van der Waals surface area contributed by atoms with Gasteiger partial charge in [0.05, 0.1) is 4.90 Å². The molecule has 22 heavy (non-hydrogen) atoms. The van der Waals surface area contributed by atoms with E-state index >= 15 is 0 Å². The molecule has 2 heterocycles. The molecule has 0 radical (unpaired) electrons. The van der Waals surface area contributed by atoms with Crippen LogP contribution in [0, 0.1) is 0 Å². The number of nitrogens with zero attached hydrogens (tertiary/aromatic N) is 2. The summed E-state index contributed by atoms with van der Waals surface area (Å²) >= 11 is 0. The van der Waals surface area contributed by atoms with Crippen molar-refractivity contribution in [3.8, 4) is 0 Å². The van der Waals surface area contributed by atoms with Gasteiger partial charge in [-0.2, -0.15) is 4.31 Å². The fourth-order valence-corrected chi connectivity index (χ4v) is 4.77. The van der Waals surface area contributed by atoms with E-state index in [4.69, 9.17) is 0 Å². The molecule has 1 aromatic heterocycles. The highest BCUT2D eigenvalue weighted by Crippen LogP contribution is 2.28. The molecule has 0 bridgehead atoms. The van der Waals surface area contributed by atoms with Gasteiger partial charge >= 0.3 is 0 Å². The molecule has 1 aromatic carbocycles. The molecule has 0 spiro atoms. The van der Waals surface area contributed by atoms with E-state index in [-0.39, 0.29) is 6.04 Å². The van der Waals surface area contributed by atoms with Crippen molar-refractivity contribution in [2.24, 2.45) is 0 Å². The molecule has 1 aliphatic rings. The zero-order chi connectivity index (χ0) is 15.4. The van der Waals surface area contributed by atoms with E-state index < -0.39 is 10.0 Å². The van der Waals surface area contributed by atoms with Crippen molar-refractivity contribution in [1.82, 2.24) is 9.29 Å². The summed E-state index contributed by atoms with van der Waals surface area (Å²) in [4.78, 5) is 4.41. The number of aryl methyl sites for hydroxylation is 1. The quantitative estimate of drug-likeness (QED) is 0.852. The molecule has 3 rings (SSSR count). The van der Waals surface area contributed by atoms with E-state index in [9.17, 15) is 8.42 Å². The first kappa shape index (κ1) is 15.2. The van der Waals surface area contributed by atoms with Gasteiger partial charge in [0.2, 0.25) is 10.0 Å². The molecule has 1 fully saturated rings. The van der Waals surface area contributed by atoms with E-state index in [1.165, 1.54) is 5.56 Å². The summed E-state index contributed by atoms with van der Waals surface area (Å²) in [6, 6.07) is 12.8. The van der Waals surface area contributed by atoms with Gasteiger partial charge in [-0.3, -0.25) is 4.98 Å². The maximum Gasteiger partial charge on any atom is 0.243 e. The van der Waals surface area contributed by atoms with E-state index in [1.807, 2.05) is 18.2 Å². The van der Waals surface area contributed by atoms with Crippen LogP contribution in [0.2, 0.25) is 0 Å². The molecule has 5 heteroatoms. The Morgan fingerprint density at radius 1 is 1.09 bits per heavy atom. The summed E-state index contributed by atoms with van der Waals surface area (Å²) < 4.78 is 27.2. The Bertz CT molecular complexity index is 702. The minimum atomic E-state index is -3.37. The molecular weight excluding hydrogens is 296 g/mol. The van der Waals surface area contributed by atoms with E-state index in [0.29, 0.717) is 11.4 Å². The number of benzene rings is 1. The highest BCUT2D eigenvalue weighted by molar-refractivity contribution is 7.89. The number of sulfonamides is 1. The van der Waals surface area contributed by atoms with Gasteiger partial charge < -0.3 is 0 Å². The second-order valence-electron chi connectivity index (χ2n) is 5.62. The number of aromatic nitrogens is 1. The molecular formula is C17H20N2O2S. The topological polar surface area (TPSA) is 50.3 Å².